The van der Waals surface area contributed by atoms with Gasteiger partial charge in [0.2, 0.25) is 0 Å². The van der Waals surface area contributed by atoms with Crippen LogP contribution in [-0.2, 0) is 9.84 Å². The minimum absolute atomic E-state index is 0.0650. The molecule has 3 nitrogen and oxygen atoms in total. The van der Waals surface area contributed by atoms with E-state index in [1.807, 2.05) is 0 Å². The van der Waals surface area contributed by atoms with Crippen molar-refractivity contribution in [2.75, 3.05) is 19.3 Å². The Hall–Kier alpha value is -0.0900. The van der Waals surface area contributed by atoms with Crippen LogP contribution in [0.5, 0.6) is 0 Å². The molecule has 1 fully saturated rings. The van der Waals surface area contributed by atoms with E-state index in [0.717, 1.165) is 32.4 Å². The summed E-state index contributed by atoms with van der Waals surface area (Å²) < 4.78 is 23.1. The summed E-state index contributed by atoms with van der Waals surface area (Å²) in [5.74, 6) is 0.631. The average molecular weight is 261 g/mol. The first-order valence-electron chi connectivity index (χ1n) is 6.93. The third kappa shape index (κ3) is 5.87. The maximum absolute atomic E-state index is 11.5. The Morgan fingerprint density at radius 1 is 1.24 bits per heavy atom. The van der Waals surface area contributed by atoms with Crippen LogP contribution >= 0.6 is 0 Å². The van der Waals surface area contributed by atoms with Gasteiger partial charge in [-0.2, -0.15) is 0 Å². The number of hydrogen-bond acceptors (Lipinski definition) is 3. The number of hydrogen-bond donors (Lipinski definition) is 1. The number of sulfone groups is 1. The van der Waals surface area contributed by atoms with E-state index >= 15 is 0 Å². The van der Waals surface area contributed by atoms with Gasteiger partial charge >= 0.3 is 0 Å². The van der Waals surface area contributed by atoms with Crippen molar-refractivity contribution in [3.05, 3.63) is 0 Å². The molecule has 102 valence electrons. The number of rotatable bonds is 7. The van der Waals surface area contributed by atoms with Crippen molar-refractivity contribution in [1.29, 1.82) is 0 Å². The Bertz CT molecular complexity index is 301. The highest BCUT2D eigenvalue weighted by atomic mass is 32.2. The Morgan fingerprint density at radius 2 is 2.00 bits per heavy atom. The second kappa shape index (κ2) is 7.37. The van der Waals surface area contributed by atoms with Gasteiger partial charge in [0.15, 0.2) is 0 Å². The van der Waals surface area contributed by atoms with Gasteiger partial charge in [0, 0.05) is 6.26 Å². The summed E-state index contributed by atoms with van der Waals surface area (Å²) in [7, 11) is -2.81. The molecule has 2 unspecified atom stereocenters. The fourth-order valence-electron chi connectivity index (χ4n) is 2.71. The zero-order valence-corrected chi connectivity index (χ0v) is 12.1. The predicted octanol–water partition coefficient (Wildman–Crippen LogP) is 2.37. The molecule has 17 heavy (non-hydrogen) atoms. The van der Waals surface area contributed by atoms with Crippen molar-refractivity contribution in [3.8, 4) is 0 Å². The zero-order valence-electron chi connectivity index (χ0n) is 11.2. The Morgan fingerprint density at radius 3 is 2.65 bits per heavy atom. The van der Waals surface area contributed by atoms with E-state index in [-0.39, 0.29) is 5.25 Å². The quantitative estimate of drug-likeness (QED) is 0.716. The third-order valence-corrected chi connectivity index (χ3v) is 5.37. The minimum atomic E-state index is -2.81. The number of nitrogens with one attached hydrogen (secondary N) is 1. The van der Waals surface area contributed by atoms with Gasteiger partial charge in [0.25, 0.3) is 0 Å². The SMILES string of the molecule is CCCNCCCC1CCCC(S(C)(=O)=O)C1. The van der Waals surface area contributed by atoms with Gasteiger partial charge in [0.05, 0.1) is 5.25 Å². The molecule has 0 amide bonds. The van der Waals surface area contributed by atoms with E-state index in [1.165, 1.54) is 31.9 Å². The summed E-state index contributed by atoms with van der Waals surface area (Å²) in [6.07, 6.45) is 9.02. The molecule has 2 atom stereocenters. The Labute approximate surface area is 106 Å². The van der Waals surface area contributed by atoms with Crippen LogP contribution in [0.25, 0.3) is 0 Å². The van der Waals surface area contributed by atoms with E-state index in [1.54, 1.807) is 0 Å². The van der Waals surface area contributed by atoms with Crippen LogP contribution in [0.3, 0.4) is 0 Å². The molecule has 0 aromatic rings. The lowest BCUT2D eigenvalue weighted by Gasteiger charge is -2.28. The zero-order chi connectivity index (χ0) is 12.7. The lowest BCUT2D eigenvalue weighted by Crippen LogP contribution is -2.28. The summed E-state index contributed by atoms with van der Waals surface area (Å²) in [5.41, 5.74) is 0. The molecule has 4 heteroatoms. The molecular weight excluding hydrogens is 234 g/mol. The van der Waals surface area contributed by atoms with Crippen LogP contribution in [0.4, 0.5) is 0 Å². The van der Waals surface area contributed by atoms with Crippen molar-refractivity contribution in [2.24, 2.45) is 5.92 Å². The third-order valence-electron chi connectivity index (χ3n) is 3.73. The van der Waals surface area contributed by atoms with E-state index in [9.17, 15) is 8.42 Å². The van der Waals surface area contributed by atoms with Crippen LogP contribution in [0.15, 0.2) is 0 Å². The van der Waals surface area contributed by atoms with E-state index in [2.05, 4.69) is 12.2 Å². The predicted molar refractivity (Wildman–Crippen MR) is 73.0 cm³/mol. The molecule has 1 aliphatic carbocycles. The fraction of sp³-hybridized carbons (Fsp3) is 1.00. The molecule has 0 bridgehead atoms. The maximum atomic E-state index is 11.5. The van der Waals surface area contributed by atoms with Gasteiger partial charge in [-0.25, -0.2) is 8.42 Å². The van der Waals surface area contributed by atoms with Gasteiger partial charge in [0.1, 0.15) is 9.84 Å². The summed E-state index contributed by atoms with van der Waals surface area (Å²) in [5, 5.41) is 3.33. The van der Waals surface area contributed by atoms with Crippen LogP contribution in [0.1, 0.15) is 51.9 Å². The molecule has 0 aliphatic heterocycles. The van der Waals surface area contributed by atoms with E-state index in [4.69, 9.17) is 0 Å². The van der Waals surface area contributed by atoms with Crippen molar-refractivity contribution in [2.45, 2.75) is 57.1 Å². The first kappa shape index (κ1) is 15.0. The van der Waals surface area contributed by atoms with Crippen LogP contribution in [0, 0.1) is 5.92 Å². The van der Waals surface area contributed by atoms with Gasteiger partial charge in [-0.15, -0.1) is 0 Å². The molecule has 0 radical (unpaired) electrons. The minimum Gasteiger partial charge on any atom is -0.317 e. The van der Waals surface area contributed by atoms with E-state index < -0.39 is 9.84 Å². The molecule has 0 spiro atoms. The topological polar surface area (TPSA) is 46.2 Å². The second-order valence-electron chi connectivity index (χ2n) is 5.38. The fourth-order valence-corrected chi connectivity index (χ4v) is 3.93. The monoisotopic (exact) mass is 261 g/mol. The highest BCUT2D eigenvalue weighted by molar-refractivity contribution is 7.91. The first-order chi connectivity index (χ1) is 8.04. The maximum Gasteiger partial charge on any atom is 0.150 e. The largest absolute Gasteiger partial charge is 0.317 e. The molecule has 1 N–H and O–H groups in total. The Kier molecular flexibility index (Phi) is 6.49. The van der Waals surface area contributed by atoms with Gasteiger partial charge in [-0.05, 0) is 51.1 Å². The smallest absolute Gasteiger partial charge is 0.150 e. The van der Waals surface area contributed by atoms with Crippen molar-refractivity contribution in [1.82, 2.24) is 5.32 Å². The van der Waals surface area contributed by atoms with Gasteiger partial charge in [-0.1, -0.05) is 19.8 Å². The van der Waals surface area contributed by atoms with Crippen molar-refractivity contribution >= 4 is 9.84 Å². The second-order valence-corrected chi connectivity index (χ2v) is 7.70. The van der Waals surface area contributed by atoms with Crippen LogP contribution < -0.4 is 5.32 Å². The lowest BCUT2D eigenvalue weighted by molar-refractivity contribution is 0.330. The standard InChI is InChI=1S/C13H27NO2S/c1-3-9-14-10-5-7-12-6-4-8-13(11-12)17(2,15)16/h12-14H,3-11H2,1-2H3. The highest BCUT2D eigenvalue weighted by Gasteiger charge is 2.28. The summed E-state index contributed by atoms with van der Waals surface area (Å²) in [4.78, 5) is 0. The first-order valence-corrected chi connectivity index (χ1v) is 8.89. The molecule has 0 saturated heterocycles. The molecule has 1 aliphatic rings. The summed E-state index contributed by atoms with van der Waals surface area (Å²) in [6, 6.07) is 0. The van der Waals surface area contributed by atoms with Crippen LogP contribution in [-0.4, -0.2) is 33.0 Å². The van der Waals surface area contributed by atoms with Gasteiger partial charge < -0.3 is 5.32 Å². The molecule has 1 saturated carbocycles. The van der Waals surface area contributed by atoms with E-state index in [0.29, 0.717) is 5.92 Å². The summed E-state index contributed by atoms with van der Waals surface area (Å²) in [6.45, 7) is 4.34. The molecule has 0 aromatic heterocycles. The van der Waals surface area contributed by atoms with Crippen LogP contribution in [0.2, 0.25) is 0 Å². The van der Waals surface area contributed by atoms with Crippen molar-refractivity contribution in [3.63, 3.8) is 0 Å². The average Bonchev–Trinajstić information content (AvgIpc) is 2.28. The normalized spacial score (nSPS) is 26.0. The van der Waals surface area contributed by atoms with Crippen molar-refractivity contribution < 1.29 is 8.42 Å². The molecule has 1 rings (SSSR count). The van der Waals surface area contributed by atoms with Gasteiger partial charge in [-0.3, -0.25) is 0 Å². The summed E-state index contributed by atoms with van der Waals surface area (Å²) >= 11 is 0. The molecular formula is C13H27NO2S. The Balaban J connectivity index is 2.21. The highest BCUT2D eigenvalue weighted by Crippen LogP contribution is 2.31. The molecule has 0 aromatic carbocycles. The molecule has 0 heterocycles. The lowest BCUT2D eigenvalue weighted by atomic mass is 9.86.